The number of aryl methyl sites for hydroxylation is 1. The van der Waals surface area contributed by atoms with Crippen molar-refractivity contribution in [1.82, 2.24) is 5.43 Å². The van der Waals surface area contributed by atoms with Gasteiger partial charge in [0.05, 0.1) is 10.6 Å². The van der Waals surface area contributed by atoms with E-state index >= 15 is 0 Å². The predicted molar refractivity (Wildman–Crippen MR) is 84.0 cm³/mol. The number of hydrazone groups is 1. The van der Waals surface area contributed by atoms with E-state index in [-0.39, 0.29) is 5.69 Å². The van der Waals surface area contributed by atoms with E-state index < -0.39 is 10.8 Å². The summed E-state index contributed by atoms with van der Waals surface area (Å²) in [7, 11) is 0. The summed E-state index contributed by atoms with van der Waals surface area (Å²) in [5.74, 6) is -0.415. The maximum atomic E-state index is 11.9. The fourth-order valence-corrected chi connectivity index (χ4v) is 1.79. The van der Waals surface area contributed by atoms with Gasteiger partial charge in [-0.25, -0.2) is 5.43 Å². The molecule has 1 N–H and O–H groups in total. The number of nitro benzene ring substituents is 1. The van der Waals surface area contributed by atoms with Gasteiger partial charge in [0.2, 0.25) is 0 Å². The zero-order valence-corrected chi connectivity index (χ0v) is 12.2. The lowest BCUT2D eigenvalue weighted by Gasteiger charge is -2.03. The van der Waals surface area contributed by atoms with Gasteiger partial charge in [0.15, 0.2) is 0 Å². The van der Waals surface area contributed by atoms with Crippen molar-refractivity contribution < 1.29 is 9.72 Å². The highest BCUT2D eigenvalue weighted by Crippen LogP contribution is 2.11. The summed E-state index contributed by atoms with van der Waals surface area (Å²) in [6.45, 7) is 3.79. The Labute approximate surface area is 127 Å². The number of hydrogen-bond donors (Lipinski definition) is 1. The zero-order chi connectivity index (χ0) is 16.1. The molecular formula is C16H15N3O3. The average molecular weight is 297 g/mol. The van der Waals surface area contributed by atoms with Crippen molar-refractivity contribution in [1.29, 1.82) is 0 Å². The fraction of sp³-hybridized carbons (Fsp3) is 0.125. The molecule has 0 saturated carbocycles. The zero-order valence-electron chi connectivity index (χ0n) is 12.2. The first-order valence-corrected chi connectivity index (χ1v) is 6.63. The first-order valence-electron chi connectivity index (χ1n) is 6.63. The number of benzene rings is 2. The second-order valence-electron chi connectivity index (χ2n) is 4.81. The van der Waals surface area contributed by atoms with Gasteiger partial charge in [-0.05, 0) is 31.5 Å². The Bertz CT molecular complexity index is 719. The van der Waals surface area contributed by atoms with Crippen LogP contribution >= 0.6 is 0 Å². The molecule has 6 nitrogen and oxygen atoms in total. The molecule has 0 spiro atoms. The van der Waals surface area contributed by atoms with E-state index in [0.29, 0.717) is 11.3 Å². The van der Waals surface area contributed by atoms with Gasteiger partial charge in [-0.3, -0.25) is 14.9 Å². The molecule has 22 heavy (non-hydrogen) atoms. The molecule has 0 atom stereocenters. The third-order valence-electron chi connectivity index (χ3n) is 3.13. The van der Waals surface area contributed by atoms with Crippen molar-refractivity contribution in [2.45, 2.75) is 13.8 Å². The molecule has 0 aliphatic heterocycles. The number of hydrogen-bond acceptors (Lipinski definition) is 4. The molecule has 0 aliphatic carbocycles. The molecule has 0 aliphatic rings. The lowest BCUT2D eigenvalue weighted by atomic mass is 10.1. The predicted octanol–water partition coefficient (Wildman–Crippen LogP) is 3.06. The summed E-state index contributed by atoms with van der Waals surface area (Å²) < 4.78 is 0. The first-order chi connectivity index (χ1) is 10.5. The number of carbonyl (C=O) groups is 1. The van der Waals surface area contributed by atoms with Crippen molar-refractivity contribution in [2.24, 2.45) is 5.10 Å². The summed E-state index contributed by atoms with van der Waals surface area (Å²) >= 11 is 0. The van der Waals surface area contributed by atoms with Gasteiger partial charge >= 0.3 is 0 Å². The van der Waals surface area contributed by atoms with Gasteiger partial charge < -0.3 is 0 Å². The van der Waals surface area contributed by atoms with Crippen LogP contribution in [0.3, 0.4) is 0 Å². The van der Waals surface area contributed by atoms with Crippen LogP contribution in [0.15, 0.2) is 53.6 Å². The summed E-state index contributed by atoms with van der Waals surface area (Å²) in [6.07, 6.45) is 0. The Hall–Kier alpha value is -3.02. The summed E-state index contributed by atoms with van der Waals surface area (Å²) in [4.78, 5) is 22.0. The Kier molecular flexibility index (Phi) is 4.63. The molecule has 0 heterocycles. The van der Waals surface area contributed by atoms with Crippen molar-refractivity contribution in [3.8, 4) is 0 Å². The number of nitrogens with zero attached hydrogens (tertiary/aromatic N) is 2. The lowest BCUT2D eigenvalue weighted by molar-refractivity contribution is -0.384. The second kappa shape index (κ2) is 6.62. The molecule has 0 bridgehead atoms. The summed E-state index contributed by atoms with van der Waals surface area (Å²) in [5.41, 5.74) is 5.42. The number of carbonyl (C=O) groups excluding carboxylic acids is 1. The number of amides is 1. The number of non-ortho nitro benzene ring substituents is 1. The maximum absolute atomic E-state index is 11.9. The number of rotatable bonds is 4. The second-order valence-corrected chi connectivity index (χ2v) is 4.81. The van der Waals surface area contributed by atoms with E-state index in [1.54, 1.807) is 6.92 Å². The monoisotopic (exact) mass is 297 g/mol. The van der Waals surface area contributed by atoms with Crippen molar-refractivity contribution in [3.63, 3.8) is 0 Å². The minimum absolute atomic E-state index is 0.0594. The Morgan fingerprint density at radius 3 is 2.14 bits per heavy atom. The van der Waals surface area contributed by atoms with Gasteiger partial charge in [-0.1, -0.05) is 29.8 Å². The highest BCUT2D eigenvalue weighted by atomic mass is 16.6. The Balaban J connectivity index is 2.06. The highest BCUT2D eigenvalue weighted by Gasteiger charge is 2.09. The lowest BCUT2D eigenvalue weighted by Crippen LogP contribution is -2.19. The van der Waals surface area contributed by atoms with Crippen LogP contribution < -0.4 is 5.43 Å². The maximum Gasteiger partial charge on any atom is 0.271 e. The molecule has 0 unspecified atom stereocenters. The van der Waals surface area contributed by atoms with Gasteiger partial charge in [0, 0.05) is 17.7 Å². The third kappa shape index (κ3) is 3.76. The van der Waals surface area contributed by atoms with Crippen LogP contribution in [-0.2, 0) is 0 Å². The van der Waals surface area contributed by atoms with E-state index in [9.17, 15) is 14.9 Å². The normalized spacial score (nSPS) is 11.1. The molecule has 112 valence electrons. The summed E-state index contributed by atoms with van der Waals surface area (Å²) in [6, 6.07) is 13.1. The van der Waals surface area contributed by atoms with Gasteiger partial charge in [0.1, 0.15) is 0 Å². The smallest absolute Gasteiger partial charge is 0.267 e. The standard InChI is InChI=1S/C16H15N3O3/c1-11-3-5-13(6-4-11)12(2)17-18-16(20)14-7-9-15(10-8-14)19(21)22/h3-10H,1-2H3,(H,18,20)/b17-12+. The molecule has 0 saturated heterocycles. The minimum atomic E-state index is -0.513. The quantitative estimate of drug-likeness (QED) is 0.534. The van der Waals surface area contributed by atoms with Gasteiger partial charge in [-0.2, -0.15) is 5.10 Å². The highest BCUT2D eigenvalue weighted by molar-refractivity contribution is 6.00. The first kappa shape index (κ1) is 15.4. The summed E-state index contributed by atoms with van der Waals surface area (Å²) in [5, 5.41) is 14.6. The van der Waals surface area contributed by atoms with Crippen LogP contribution in [0.1, 0.15) is 28.4 Å². The molecule has 0 fully saturated rings. The van der Waals surface area contributed by atoms with Gasteiger partial charge in [0.25, 0.3) is 11.6 Å². The molecule has 2 rings (SSSR count). The van der Waals surface area contributed by atoms with Crippen molar-refractivity contribution in [3.05, 3.63) is 75.3 Å². The van der Waals surface area contributed by atoms with E-state index in [0.717, 1.165) is 11.1 Å². The van der Waals surface area contributed by atoms with Crippen LogP contribution in [-0.4, -0.2) is 16.5 Å². The molecule has 6 heteroatoms. The molecule has 0 radical (unpaired) electrons. The average Bonchev–Trinajstić information content (AvgIpc) is 2.53. The topological polar surface area (TPSA) is 84.6 Å². The van der Waals surface area contributed by atoms with Crippen LogP contribution in [0.25, 0.3) is 0 Å². The van der Waals surface area contributed by atoms with Crippen molar-refractivity contribution in [2.75, 3.05) is 0 Å². The number of nitro groups is 1. The molecule has 0 aromatic heterocycles. The fourth-order valence-electron chi connectivity index (χ4n) is 1.79. The van der Waals surface area contributed by atoms with Crippen molar-refractivity contribution >= 4 is 17.3 Å². The Morgan fingerprint density at radius 2 is 1.59 bits per heavy atom. The Morgan fingerprint density at radius 1 is 1.05 bits per heavy atom. The van der Waals surface area contributed by atoms with E-state index in [2.05, 4.69) is 10.5 Å². The third-order valence-corrected chi connectivity index (χ3v) is 3.13. The van der Waals surface area contributed by atoms with Crippen LogP contribution in [0.2, 0.25) is 0 Å². The van der Waals surface area contributed by atoms with E-state index in [1.165, 1.54) is 24.3 Å². The molecular weight excluding hydrogens is 282 g/mol. The van der Waals surface area contributed by atoms with Crippen LogP contribution in [0.5, 0.6) is 0 Å². The van der Waals surface area contributed by atoms with Crippen LogP contribution in [0.4, 0.5) is 5.69 Å². The molecule has 2 aromatic rings. The molecule has 1 amide bonds. The SMILES string of the molecule is C/C(=N\NC(=O)c1ccc([N+](=O)[O-])cc1)c1ccc(C)cc1. The molecule has 2 aromatic carbocycles. The van der Waals surface area contributed by atoms with E-state index in [4.69, 9.17) is 0 Å². The minimum Gasteiger partial charge on any atom is -0.267 e. The van der Waals surface area contributed by atoms with Gasteiger partial charge in [-0.15, -0.1) is 0 Å². The number of nitrogens with one attached hydrogen (secondary N) is 1. The largest absolute Gasteiger partial charge is 0.271 e. The van der Waals surface area contributed by atoms with Crippen LogP contribution in [0, 0.1) is 17.0 Å². The van der Waals surface area contributed by atoms with E-state index in [1.807, 2.05) is 31.2 Å².